The van der Waals surface area contributed by atoms with Crippen LogP contribution in [0.2, 0.25) is 10.0 Å². The molecule has 0 saturated heterocycles. The number of carbonyl (C=O) groups is 2. The molecule has 1 heterocycles. The monoisotopic (exact) mass is 574 g/mol. The molecular weight excluding hydrogens is 547 g/mol. The summed E-state index contributed by atoms with van der Waals surface area (Å²) >= 11 is 12.2. The SMILES string of the molecule is O=C(NCc1ccc2c(c1)OCO2)C(Cc1ccccc1)N(Cc1ccc(Cl)cc1)C(=O)Cc1ccc(Cl)cc1. The van der Waals surface area contributed by atoms with Crippen molar-refractivity contribution in [1.29, 1.82) is 0 Å². The third kappa shape index (κ3) is 7.14. The fourth-order valence-corrected chi connectivity index (χ4v) is 4.83. The highest BCUT2D eigenvalue weighted by atomic mass is 35.5. The molecule has 6 nitrogen and oxygen atoms in total. The van der Waals surface area contributed by atoms with Gasteiger partial charge in [0, 0.05) is 29.6 Å². The summed E-state index contributed by atoms with van der Waals surface area (Å²) < 4.78 is 10.9. The lowest BCUT2D eigenvalue weighted by molar-refractivity contribution is -0.140. The van der Waals surface area contributed by atoms with Crippen LogP contribution in [-0.4, -0.2) is 29.5 Å². The Bertz CT molecular complexity index is 1460. The van der Waals surface area contributed by atoms with Crippen molar-refractivity contribution in [2.75, 3.05) is 6.79 Å². The van der Waals surface area contributed by atoms with Crippen LogP contribution in [0, 0.1) is 0 Å². The average Bonchev–Trinajstić information content (AvgIpc) is 3.44. The van der Waals surface area contributed by atoms with Gasteiger partial charge < -0.3 is 19.7 Å². The van der Waals surface area contributed by atoms with Gasteiger partial charge in [-0.15, -0.1) is 0 Å². The molecule has 1 aliphatic heterocycles. The lowest BCUT2D eigenvalue weighted by Crippen LogP contribution is -2.50. The number of amides is 2. The van der Waals surface area contributed by atoms with Gasteiger partial charge >= 0.3 is 0 Å². The lowest BCUT2D eigenvalue weighted by atomic mass is 10.0. The molecule has 8 heteroatoms. The Kier molecular flexibility index (Phi) is 8.89. The van der Waals surface area contributed by atoms with E-state index in [1.165, 1.54) is 0 Å². The van der Waals surface area contributed by atoms with Crippen molar-refractivity contribution in [1.82, 2.24) is 10.2 Å². The first-order valence-electron chi connectivity index (χ1n) is 12.9. The first kappa shape index (κ1) is 27.6. The summed E-state index contributed by atoms with van der Waals surface area (Å²) in [6.45, 7) is 0.707. The standard InChI is InChI=1S/C32H28Cl2N2O4/c33-26-11-6-23(7-12-26)18-31(37)36(20-24-8-13-27(34)14-9-24)28(16-22-4-2-1-3-5-22)32(38)35-19-25-10-15-29-30(17-25)40-21-39-29/h1-15,17,28H,16,18-21H2,(H,35,38). The Balaban J connectivity index is 1.42. The summed E-state index contributed by atoms with van der Waals surface area (Å²) in [5.41, 5.74) is 3.50. The van der Waals surface area contributed by atoms with Gasteiger partial charge in [-0.3, -0.25) is 9.59 Å². The van der Waals surface area contributed by atoms with Gasteiger partial charge in [-0.1, -0.05) is 83.9 Å². The molecule has 0 spiro atoms. The zero-order valence-electron chi connectivity index (χ0n) is 21.7. The molecule has 5 rings (SSSR count). The van der Waals surface area contributed by atoms with E-state index in [1.54, 1.807) is 29.2 Å². The first-order valence-corrected chi connectivity index (χ1v) is 13.7. The fourth-order valence-electron chi connectivity index (χ4n) is 4.58. The molecule has 1 aliphatic rings. The first-order chi connectivity index (χ1) is 19.4. The highest BCUT2D eigenvalue weighted by molar-refractivity contribution is 6.30. The number of ether oxygens (including phenoxy) is 2. The van der Waals surface area contributed by atoms with Gasteiger partial charge in [0.05, 0.1) is 6.42 Å². The minimum absolute atomic E-state index is 0.130. The van der Waals surface area contributed by atoms with Crippen molar-refractivity contribution in [3.05, 3.63) is 129 Å². The third-order valence-electron chi connectivity index (χ3n) is 6.71. The molecule has 4 aromatic rings. The topological polar surface area (TPSA) is 67.9 Å². The van der Waals surface area contributed by atoms with Crippen molar-refractivity contribution in [2.24, 2.45) is 0 Å². The van der Waals surface area contributed by atoms with E-state index in [0.29, 0.717) is 28.0 Å². The highest BCUT2D eigenvalue weighted by Gasteiger charge is 2.30. The summed E-state index contributed by atoms with van der Waals surface area (Å²) in [4.78, 5) is 29.4. The molecule has 0 bridgehead atoms. The number of nitrogens with zero attached hydrogens (tertiary/aromatic N) is 1. The second-order valence-electron chi connectivity index (χ2n) is 9.56. The fraction of sp³-hybridized carbons (Fsp3) is 0.188. The number of hydrogen-bond acceptors (Lipinski definition) is 4. The van der Waals surface area contributed by atoms with E-state index in [4.69, 9.17) is 32.7 Å². The smallest absolute Gasteiger partial charge is 0.243 e. The van der Waals surface area contributed by atoms with Crippen LogP contribution in [0.4, 0.5) is 0 Å². The molecule has 4 aromatic carbocycles. The molecule has 1 unspecified atom stereocenters. The Morgan fingerprint density at radius 1 is 0.750 bits per heavy atom. The Hall–Kier alpha value is -4.00. The minimum Gasteiger partial charge on any atom is -0.454 e. The number of carbonyl (C=O) groups excluding carboxylic acids is 2. The van der Waals surface area contributed by atoms with E-state index in [-0.39, 0.29) is 38.1 Å². The zero-order valence-corrected chi connectivity index (χ0v) is 23.2. The molecule has 204 valence electrons. The number of hydrogen-bond donors (Lipinski definition) is 1. The summed E-state index contributed by atoms with van der Waals surface area (Å²) in [7, 11) is 0. The zero-order chi connectivity index (χ0) is 27.9. The second kappa shape index (κ2) is 12.9. The normalized spacial score (nSPS) is 12.6. The van der Waals surface area contributed by atoms with E-state index < -0.39 is 6.04 Å². The summed E-state index contributed by atoms with van der Waals surface area (Å²) in [5, 5.41) is 4.24. The lowest BCUT2D eigenvalue weighted by Gasteiger charge is -2.32. The molecule has 1 atom stereocenters. The number of nitrogens with one attached hydrogen (secondary N) is 1. The predicted molar refractivity (Wildman–Crippen MR) is 156 cm³/mol. The van der Waals surface area contributed by atoms with Crippen LogP contribution in [0.25, 0.3) is 0 Å². The third-order valence-corrected chi connectivity index (χ3v) is 7.21. The largest absolute Gasteiger partial charge is 0.454 e. The number of halogens is 2. The van der Waals surface area contributed by atoms with Crippen LogP contribution < -0.4 is 14.8 Å². The molecular formula is C32H28Cl2N2O4. The number of benzene rings is 4. The summed E-state index contributed by atoms with van der Waals surface area (Å²) in [6.07, 6.45) is 0.485. The maximum Gasteiger partial charge on any atom is 0.243 e. The van der Waals surface area contributed by atoms with Gasteiger partial charge in [0.1, 0.15) is 6.04 Å². The molecule has 0 radical (unpaired) electrons. The van der Waals surface area contributed by atoms with Crippen molar-refractivity contribution in [2.45, 2.75) is 32.0 Å². The minimum atomic E-state index is -0.758. The van der Waals surface area contributed by atoms with Crippen molar-refractivity contribution >= 4 is 35.0 Å². The van der Waals surface area contributed by atoms with Gasteiger partial charge in [0.2, 0.25) is 18.6 Å². The highest BCUT2D eigenvalue weighted by Crippen LogP contribution is 2.32. The Morgan fingerprint density at radius 3 is 2.08 bits per heavy atom. The van der Waals surface area contributed by atoms with E-state index in [1.807, 2.05) is 72.8 Å². The molecule has 0 aromatic heterocycles. The van der Waals surface area contributed by atoms with Crippen LogP contribution in [-0.2, 0) is 35.5 Å². The van der Waals surface area contributed by atoms with Crippen LogP contribution in [0.15, 0.2) is 97.1 Å². The van der Waals surface area contributed by atoms with Crippen molar-refractivity contribution in [3.8, 4) is 11.5 Å². The number of fused-ring (bicyclic) bond motifs is 1. The number of rotatable bonds is 10. The molecule has 0 aliphatic carbocycles. The maximum absolute atomic E-state index is 13.9. The van der Waals surface area contributed by atoms with E-state index in [9.17, 15) is 9.59 Å². The van der Waals surface area contributed by atoms with Crippen LogP contribution in [0.3, 0.4) is 0 Å². The average molecular weight is 575 g/mol. The quantitative estimate of drug-likeness (QED) is 0.244. The van der Waals surface area contributed by atoms with Gasteiger partial charge in [-0.25, -0.2) is 0 Å². The van der Waals surface area contributed by atoms with E-state index in [2.05, 4.69) is 5.32 Å². The summed E-state index contributed by atoms with van der Waals surface area (Å²) in [5.74, 6) is 0.908. The van der Waals surface area contributed by atoms with Crippen LogP contribution >= 0.6 is 23.2 Å². The van der Waals surface area contributed by atoms with Gasteiger partial charge in [0.15, 0.2) is 11.5 Å². The molecule has 40 heavy (non-hydrogen) atoms. The van der Waals surface area contributed by atoms with Crippen molar-refractivity contribution in [3.63, 3.8) is 0 Å². The second-order valence-corrected chi connectivity index (χ2v) is 10.4. The van der Waals surface area contributed by atoms with E-state index in [0.717, 1.165) is 22.3 Å². The van der Waals surface area contributed by atoms with E-state index >= 15 is 0 Å². The molecule has 2 amide bonds. The Morgan fingerprint density at radius 2 is 1.38 bits per heavy atom. The van der Waals surface area contributed by atoms with Crippen LogP contribution in [0.1, 0.15) is 22.3 Å². The Labute approximate surface area is 243 Å². The van der Waals surface area contributed by atoms with Gasteiger partial charge in [-0.05, 0) is 58.7 Å². The van der Waals surface area contributed by atoms with Crippen LogP contribution in [0.5, 0.6) is 11.5 Å². The maximum atomic E-state index is 13.9. The van der Waals surface area contributed by atoms with Crippen molar-refractivity contribution < 1.29 is 19.1 Å². The molecule has 0 saturated carbocycles. The van der Waals surface area contributed by atoms with Gasteiger partial charge in [0.25, 0.3) is 0 Å². The molecule has 1 N–H and O–H groups in total. The summed E-state index contributed by atoms with van der Waals surface area (Å²) in [6, 6.07) is 29.0. The predicted octanol–water partition coefficient (Wildman–Crippen LogP) is 6.22. The van der Waals surface area contributed by atoms with Gasteiger partial charge in [-0.2, -0.15) is 0 Å². The molecule has 0 fully saturated rings.